The molecule has 6 heteroatoms. The molecule has 0 atom stereocenters. The first-order valence-corrected chi connectivity index (χ1v) is 6.06. The molecule has 2 aromatic rings. The molecule has 0 saturated carbocycles. The molecule has 0 fully saturated rings. The third-order valence-electron chi connectivity index (χ3n) is 2.94. The van der Waals surface area contributed by atoms with Crippen LogP contribution >= 0.6 is 0 Å². The summed E-state index contributed by atoms with van der Waals surface area (Å²) in [4.78, 5) is 11.7. The molecule has 0 unspecified atom stereocenters. The van der Waals surface area contributed by atoms with Gasteiger partial charge < -0.3 is 5.32 Å². The minimum atomic E-state index is -1.63. The maximum Gasteiger partial charge on any atom is 0.251 e. The minimum absolute atomic E-state index is 0.0172. The molecule has 2 aromatic carbocycles. The van der Waals surface area contributed by atoms with Gasteiger partial charge in [-0.05, 0) is 36.2 Å². The summed E-state index contributed by atoms with van der Waals surface area (Å²) in [7, 11) is 0. The monoisotopic (exact) mass is 297 g/mol. The number of hydrogen-bond donors (Lipinski definition) is 1. The summed E-state index contributed by atoms with van der Waals surface area (Å²) < 4.78 is 52.1. The van der Waals surface area contributed by atoms with Crippen molar-refractivity contribution < 1.29 is 22.4 Å². The highest BCUT2D eigenvalue weighted by Gasteiger charge is 2.14. The van der Waals surface area contributed by atoms with Crippen molar-refractivity contribution in [2.24, 2.45) is 0 Å². The number of carbonyl (C=O) groups excluding carboxylic acids is 1. The first kappa shape index (κ1) is 15.0. The van der Waals surface area contributed by atoms with Crippen molar-refractivity contribution in [3.05, 3.63) is 70.3 Å². The number of amides is 1. The van der Waals surface area contributed by atoms with Crippen LogP contribution in [-0.4, -0.2) is 5.91 Å². The van der Waals surface area contributed by atoms with E-state index in [1.165, 1.54) is 6.07 Å². The molecule has 21 heavy (non-hydrogen) atoms. The Kier molecular flexibility index (Phi) is 4.26. The van der Waals surface area contributed by atoms with Crippen LogP contribution < -0.4 is 5.32 Å². The average Bonchev–Trinajstić information content (AvgIpc) is 2.45. The van der Waals surface area contributed by atoms with E-state index in [0.717, 1.165) is 0 Å². The van der Waals surface area contributed by atoms with E-state index in [4.69, 9.17) is 0 Å². The number of carbonyl (C=O) groups is 1. The Labute approximate surface area is 118 Å². The maximum absolute atomic E-state index is 13.3. The molecular weight excluding hydrogens is 286 g/mol. The normalized spacial score (nSPS) is 10.5. The molecule has 110 valence electrons. The Balaban J connectivity index is 2.10. The lowest BCUT2D eigenvalue weighted by molar-refractivity contribution is 0.0949. The van der Waals surface area contributed by atoms with Crippen molar-refractivity contribution in [2.45, 2.75) is 13.5 Å². The van der Waals surface area contributed by atoms with Gasteiger partial charge in [-0.1, -0.05) is 12.1 Å². The van der Waals surface area contributed by atoms with Crippen LogP contribution in [-0.2, 0) is 6.54 Å². The first-order chi connectivity index (χ1) is 9.88. The zero-order chi connectivity index (χ0) is 15.6. The highest BCUT2D eigenvalue weighted by Crippen LogP contribution is 2.14. The van der Waals surface area contributed by atoms with Gasteiger partial charge in [-0.15, -0.1) is 0 Å². The summed E-state index contributed by atoms with van der Waals surface area (Å²) >= 11 is 0. The van der Waals surface area contributed by atoms with Gasteiger partial charge in [-0.25, -0.2) is 17.6 Å². The average molecular weight is 297 g/mol. The SMILES string of the molecule is Cc1ccc(CNC(=O)c2cc(F)c(F)c(F)c2)cc1F. The number of hydrogen-bond acceptors (Lipinski definition) is 1. The van der Waals surface area contributed by atoms with Gasteiger partial charge in [-0.2, -0.15) is 0 Å². The van der Waals surface area contributed by atoms with Gasteiger partial charge >= 0.3 is 0 Å². The predicted molar refractivity (Wildman–Crippen MR) is 68.6 cm³/mol. The quantitative estimate of drug-likeness (QED) is 0.682. The van der Waals surface area contributed by atoms with E-state index >= 15 is 0 Å². The van der Waals surface area contributed by atoms with Crippen molar-refractivity contribution in [1.29, 1.82) is 0 Å². The van der Waals surface area contributed by atoms with Crippen LogP contribution in [0.4, 0.5) is 17.6 Å². The summed E-state index contributed by atoms with van der Waals surface area (Å²) in [5, 5.41) is 2.37. The molecule has 1 N–H and O–H groups in total. The molecule has 2 nitrogen and oxygen atoms in total. The van der Waals surface area contributed by atoms with Gasteiger partial charge in [0.15, 0.2) is 17.5 Å². The molecule has 0 saturated heterocycles. The van der Waals surface area contributed by atoms with Crippen LogP contribution in [0.5, 0.6) is 0 Å². The van der Waals surface area contributed by atoms with E-state index < -0.39 is 29.2 Å². The summed E-state index contributed by atoms with van der Waals surface area (Å²) in [6.45, 7) is 1.58. The van der Waals surface area contributed by atoms with Crippen molar-refractivity contribution in [3.8, 4) is 0 Å². The van der Waals surface area contributed by atoms with Gasteiger partial charge in [0, 0.05) is 12.1 Å². The van der Waals surface area contributed by atoms with Crippen LogP contribution in [0.15, 0.2) is 30.3 Å². The van der Waals surface area contributed by atoms with Gasteiger partial charge in [0.25, 0.3) is 5.91 Å². The number of halogens is 4. The van der Waals surface area contributed by atoms with Crippen molar-refractivity contribution >= 4 is 5.91 Å². The van der Waals surface area contributed by atoms with E-state index in [1.807, 2.05) is 0 Å². The first-order valence-electron chi connectivity index (χ1n) is 6.06. The summed E-state index contributed by atoms with van der Waals surface area (Å²) in [6, 6.07) is 5.62. The molecule has 0 spiro atoms. The second-order valence-corrected chi connectivity index (χ2v) is 4.52. The molecule has 0 radical (unpaired) electrons. The lowest BCUT2D eigenvalue weighted by Crippen LogP contribution is -2.23. The maximum atomic E-state index is 13.3. The van der Waals surface area contributed by atoms with E-state index in [-0.39, 0.29) is 12.1 Å². The predicted octanol–water partition coefficient (Wildman–Crippen LogP) is 3.48. The Morgan fingerprint density at radius 1 is 1.00 bits per heavy atom. The van der Waals surface area contributed by atoms with E-state index in [2.05, 4.69) is 5.32 Å². The van der Waals surface area contributed by atoms with Crippen molar-refractivity contribution in [1.82, 2.24) is 5.32 Å². The smallest absolute Gasteiger partial charge is 0.251 e. The molecule has 0 aliphatic rings. The zero-order valence-electron chi connectivity index (χ0n) is 11.0. The van der Waals surface area contributed by atoms with Gasteiger partial charge in [-0.3, -0.25) is 4.79 Å². The van der Waals surface area contributed by atoms with Crippen LogP contribution in [0.25, 0.3) is 0 Å². The van der Waals surface area contributed by atoms with Gasteiger partial charge in [0.05, 0.1) is 0 Å². The van der Waals surface area contributed by atoms with E-state index in [9.17, 15) is 22.4 Å². The second-order valence-electron chi connectivity index (χ2n) is 4.52. The number of rotatable bonds is 3. The van der Waals surface area contributed by atoms with Crippen LogP contribution in [0, 0.1) is 30.2 Å². The molecule has 0 bridgehead atoms. The third-order valence-corrected chi connectivity index (χ3v) is 2.94. The number of nitrogens with one attached hydrogen (secondary N) is 1. The topological polar surface area (TPSA) is 29.1 Å². The van der Waals surface area contributed by atoms with Gasteiger partial charge in [0.1, 0.15) is 5.82 Å². The fraction of sp³-hybridized carbons (Fsp3) is 0.133. The Bertz CT molecular complexity index is 677. The lowest BCUT2D eigenvalue weighted by Gasteiger charge is -2.07. The molecule has 0 aliphatic carbocycles. The van der Waals surface area contributed by atoms with Crippen LogP contribution in [0.3, 0.4) is 0 Å². The minimum Gasteiger partial charge on any atom is -0.348 e. The summed E-state index contributed by atoms with van der Waals surface area (Å²) in [5.74, 6) is -5.72. The lowest BCUT2D eigenvalue weighted by atomic mass is 10.1. The van der Waals surface area contributed by atoms with Crippen molar-refractivity contribution in [2.75, 3.05) is 0 Å². The number of benzene rings is 2. The Hall–Kier alpha value is -2.37. The molecule has 2 rings (SSSR count). The molecule has 0 heterocycles. The highest BCUT2D eigenvalue weighted by atomic mass is 19.2. The zero-order valence-corrected chi connectivity index (χ0v) is 11.0. The Morgan fingerprint density at radius 3 is 2.19 bits per heavy atom. The van der Waals surface area contributed by atoms with E-state index in [1.54, 1.807) is 19.1 Å². The standard InChI is InChI=1S/C15H11F4NO/c1-8-2-3-9(4-11(8)16)7-20-15(21)10-5-12(17)14(19)13(18)6-10/h2-6H,7H2,1H3,(H,20,21). The molecular formula is C15H11F4NO. The third kappa shape index (κ3) is 3.39. The second kappa shape index (κ2) is 5.95. The largest absolute Gasteiger partial charge is 0.348 e. The molecule has 0 aromatic heterocycles. The summed E-state index contributed by atoms with van der Waals surface area (Å²) in [5.41, 5.74) is 0.612. The summed E-state index contributed by atoms with van der Waals surface area (Å²) in [6.07, 6.45) is 0. The van der Waals surface area contributed by atoms with Crippen LogP contribution in [0.1, 0.15) is 21.5 Å². The molecule has 0 aliphatic heterocycles. The van der Waals surface area contributed by atoms with Gasteiger partial charge in [0.2, 0.25) is 0 Å². The fourth-order valence-corrected chi connectivity index (χ4v) is 1.72. The number of aryl methyl sites for hydroxylation is 1. The Morgan fingerprint density at radius 2 is 1.62 bits per heavy atom. The highest BCUT2D eigenvalue weighted by molar-refractivity contribution is 5.94. The molecule has 1 amide bonds. The van der Waals surface area contributed by atoms with E-state index in [0.29, 0.717) is 23.3 Å². The fourth-order valence-electron chi connectivity index (χ4n) is 1.72. The van der Waals surface area contributed by atoms with Crippen LogP contribution in [0.2, 0.25) is 0 Å². The van der Waals surface area contributed by atoms with Crippen molar-refractivity contribution in [3.63, 3.8) is 0 Å².